The Labute approximate surface area is 130 Å². The van der Waals surface area contributed by atoms with Crippen molar-refractivity contribution in [3.63, 3.8) is 0 Å². The van der Waals surface area contributed by atoms with E-state index < -0.39 is 0 Å². The van der Waals surface area contributed by atoms with Crippen molar-refractivity contribution in [3.8, 4) is 0 Å². The summed E-state index contributed by atoms with van der Waals surface area (Å²) in [5, 5.41) is 2.98. The van der Waals surface area contributed by atoms with Gasteiger partial charge in [0.2, 0.25) is 5.56 Å². The number of carbonyl (C=O) groups excluding carboxylic acids is 1. The lowest BCUT2D eigenvalue weighted by Gasteiger charge is -2.20. The zero-order valence-electron chi connectivity index (χ0n) is 13.4. The molecule has 22 heavy (non-hydrogen) atoms. The second-order valence-corrected chi connectivity index (χ2v) is 6.00. The first-order chi connectivity index (χ1) is 10.4. The Hall–Kier alpha value is -2.36. The summed E-state index contributed by atoms with van der Waals surface area (Å²) in [4.78, 5) is 26.4. The Bertz CT molecular complexity index is 704. The molecule has 0 unspecified atom stereocenters. The topological polar surface area (TPSA) is 62.0 Å². The van der Waals surface area contributed by atoms with Crippen LogP contribution in [0.3, 0.4) is 0 Å². The molecule has 0 saturated heterocycles. The largest absolute Gasteiger partial charge is 0.320 e. The number of aromatic nitrogens is 1. The molecule has 1 aromatic carbocycles. The van der Waals surface area contributed by atoms with Gasteiger partial charge >= 0.3 is 0 Å². The number of rotatable bonds is 4. The third-order valence-corrected chi connectivity index (χ3v) is 3.62. The minimum atomic E-state index is -0.298. The first kappa shape index (κ1) is 16.0. The van der Waals surface area contributed by atoms with Gasteiger partial charge in [0.1, 0.15) is 5.69 Å². The number of benzene rings is 1. The summed E-state index contributed by atoms with van der Waals surface area (Å²) in [6, 6.07) is 10.6. The van der Waals surface area contributed by atoms with Crippen molar-refractivity contribution in [2.75, 3.05) is 5.32 Å². The summed E-state index contributed by atoms with van der Waals surface area (Å²) in [7, 11) is 0. The van der Waals surface area contributed by atoms with E-state index in [0.717, 1.165) is 16.8 Å². The standard InChI is InChI=1S/C18H22N2O2/c1-11(2)13-7-5-8-14(12(3)4)17(13)20-18(22)15-9-6-10-16(21)19-15/h5-12H,1-4H3,(H,19,21)(H,20,22). The third kappa shape index (κ3) is 3.45. The van der Waals surface area contributed by atoms with Crippen LogP contribution in [0.5, 0.6) is 0 Å². The monoisotopic (exact) mass is 298 g/mol. The van der Waals surface area contributed by atoms with Gasteiger partial charge in [-0.2, -0.15) is 0 Å². The fraction of sp³-hybridized carbons (Fsp3) is 0.333. The Morgan fingerprint density at radius 3 is 2.00 bits per heavy atom. The van der Waals surface area contributed by atoms with E-state index in [9.17, 15) is 9.59 Å². The number of amides is 1. The summed E-state index contributed by atoms with van der Waals surface area (Å²) in [5.41, 5.74) is 3.02. The molecule has 0 atom stereocenters. The molecular formula is C18H22N2O2. The van der Waals surface area contributed by atoms with Crippen LogP contribution in [0.15, 0.2) is 41.2 Å². The highest BCUT2D eigenvalue weighted by Gasteiger charge is 2.17. The van der Waals surface area contributed by atoms with Crippen LogP contribution in [0.4, 0.5) is 5.69 Å². The quantitative estimate of drug-likeness (QED) is 0.900. The van der Waals surface area contributed by atoms with Gasteiger partial charge in [-0.15, -0.1) is 0 Å². The zero-order chi connectivity index (χ0) is 16.3. The molecule has 4 heteroatoms. The second-order valence-electron chi connectivity index (χ2n) is 6.00. The Balaban J connectivity index is 2.43. The van der Waals surface area contributed by atoms with Gasteiger partial charge in [0.15, 0.2) is 0 Å². The van der Waals surface area contributed by atoms with Crippen molar-refractivity contribution in [3.05, 3.63) is 63.6 Å². The number of hydrogen-bond donors (Lipinski definition) is 2. The smallest absolute Gasteiger partial charge is 0.272 e. The van der Waals surface area contributed by atoms with Crippen molar-refractivity contribution in [1.82, 2.24) is 4.98 Å². The van der Waals surface area contributed by atoms with Crippen LogP contribution in [-0.4, -0.2) is 10.9 Å². The lowest BCUT2D eigenvalue weighted by Crippen LogP contribution is -2.20. The minimum Gasteiger partial charge on any atom is -0.320 e. The van der Waals surface area contributed by atoms with Gasteiger partial charge in [-0.3, -0.25) is 9.59 Å². The maximum Gasteiger partial charge on any atom is 0.272 e. The molecule has 0 radical (unpaired) electrons. The molecule has 0 fully saturated rings. The molecule has 2 aromatic rings. The van der Waals surface area contributed by atoms with E-state index in [2.05, 4.69) is 38.0 Å². The Kier molecular flexibility index (Phi) is 4.81. The van der Waals surface area contributed by atoms with Crippen LogP contribution in [0.25, 0.3) is 0 Å². The van der Waals surface area contributed by atoms with Crippen LogP contribution >= 0.6 is 0 Å². The lowest BCUT2D eigenvalue weighted by molar-refractivity contribution is 0.102. The summed E-state index contributed by atoms with van der Waals surface area (Å²) < 4.78 is 0. The fourth-order valence-corrected chi connectivity index (χ4v) is 2.46. The molecule has 2 N–H and O–H groups in total. The van der Waals surface area contributed by atoms with E-state index in [1.54, 1.807) is 12.1 Å². The predicted octanol–water partition coefficient (Wildman–Crippen LogP) is 3.87. The average molecular weight is 298 g/mol. The first-order valence-corrected chi connectivity index (χ1v) is 7.53. The van der Waals surface area contributed by atoms with Crippen LogP contribution < -0.4 is 10.9 Å². The van der Waals surface area contributed by atoms with Gasteiger partial charge in [0.25, 0.3) is 5.91 Å². The maximum atomic E-state index is 12.4. The fourth-order valence-electron chi connectivity index (χ4n) is 2.46. The summed E-state index contributed by atoms with van der Waals surface area (Å²) in [5.74, 6) is 0.292. The number of nitrogens with one attached hydrogen (secondary N) is 2. The number of H-pyrrole nitrogens is 1. The minimum absolute atomic E-state index is 0.265. The van der Waals surface area contributed by atoms with Crippen molar-refractivity contribution in [1.29, 1.82) is 0 Å². The number of pyridine rings is 1. The average Bonchev–Trinajstić information content (AvgIpc) is 2.46. The van der Waals surface area contributed by atoms with Crippen LogP contribution in [0.1, 0.15) is 61.1 Å². The molecule has 0 aliphatic carbocycles. The van der Waals surface area contributed by atoms with Gasteiger partial charge in [-0.25, -0.2) is 0 Å². The van der Waals surface area contributed by atoms with Gasteiger partial charge in [0, 0.05) is 11.8 Å². The number of hydrogen-bond acceptors (Lipinski definition) is 2. The highest BCUT2D eigenvalue weighted by Crippen LogP contribution is 2.32. The molecule has 0 aliphatic heterocycles. The molecule has 1 amide bonds. The van der Waals surface area contributed by atoms with Gasteiger partial charge in [-0.05, 0) is 29.0 Å². The number of para-hydroxylation sites is 1. The zero-order valence-corrected chi connectivity index (χ0v) is 13.4. The Morgan fingerprint density at radius 2 is 1.50 bits per heavy atom. The molecule has 1 heterocycles. The molecule has 0 aliphatic rings. The maximum absolute atomic E-state index is 12.4. The van der Waals surface area contributed by atoms with Crippen molar-refractivity contribution >= 4 is 11.6 Å². The van der Waals surface area contributed by atoms with E-state index in [-0.39, 0.29) is 17.2 Å². The number of anilines is 1. The molecular weight excluding hydrogens is 276 g/mol. The normalized spacial score (nSPS) is 11.0. The van der Waals surface area contributed by atoms with E-state index in [4.69, 9.17) is 0 Å². The first-order valence-electron chi connectivity index (χ1n) is 7.53. The Morgan fingerprint density at radius 1 is 0.955 bits per heavy atom. The van der Waals surface area contributed by atoms with E-state index in [1.807, 2.05) is 18.2 Å². The van der Waals surface area contributed by atoms with E-state index >= 15 is 0 Å². The summed E-state index contributed by atoms with van der Waals surface area (Å²) in [6.07, 6.45) is 0. The van der Waals surface area contributed by atoms with Gasteiger partial charge in [0.05, 0.1) is 0 Å². The second kappa shape index (κ2) is 6.60. The number of carbonyl (C=O) groups is 1. The van der Waals surface area contributed by atoms with Crippen LogP contribution in [0, 0.1) is 0 Å². The molecule has 4 nitrogen and oxygen atoms in total. The van der Waals surface area contributed by atoms with Crippen LogP contribution in [0.2, 0.25) is 0 Å². The predicted molar refractivity (Wildman–Crippen MR) is 89.6 cm³/mol. The van der Waals surface area contributed by atoms with E-state index in [0.29, 0.717) is 11.8 Å². The van der Waals surface area contributed by atoms with E-state index in [1.165, 1.54) is 6.07 Å². The highest BCUT2D eigenvalue weighted by molar-refractivity contribution is 6.03. The van der Waals surface area contributed by atoms with Crippen molar-refractivity contribution in [2.45, 2.75) is 39.5 Å². The third-order valence-electron chi connectivity index (χ3n) is 3.62. The molecule has 116 valence electrons. The lowest BCUT2D eigenvalue weighted by atomic mass is 9.92. The number of aromatic amines is 1. The molecule has 1 aromatic heterocycles. The van der Waals surface area contributed by atoms with Crippen LogP contribution in [-0.2, 0) is 0 Å². The summed E-state index contributed by atoms with van der Waals surface area (Å²) in [6.45, 7) is 8.39. The highest BCUT2D eigenvalue weighted by atomic mass is 16.2. The van der Waals surface area contributed by atoms with Crippen molar-refractivity contribution in [2.24, 2.45) is 0 Å². The SMILES string of the molecule is CC(C)c1cccc(C(C)C)c1NC(=O)c1cccc(=O)[nH]1. The molecule has 0 spiro atoms. The van der Waals surface area contributed by atoms with Gasteiger partial charge in [-0.1, -0.05) is 52.0 Å². The molecule has 0 saturated carbocycles. The van der Waals surface area contributed by atoms with Crippen molar-refractivity contribution < 1.29 is 4.79 Å². The molecule has 0 bridgehead atoms. The molecule has 2 rings (SSSR count). The summed E-state index contributed by atoms with van der Waals surface area (Å²) >= 11 is 0. The van der Waals surface area contributed by atoms with Gasteiger partial charge < -0.3 is 10.3 Å².